The summed E-state index contributed by atoms with van der Waals surface area (Å²) in [4.78, 5) is 7.10. The first-order valence-electron chi connectivity index (χ1n) is 6.50. The number of methoxy groups -OCH3 is 1. The van der Waals surface area contributed by atoms with Gasteiger partial charge in [0.25, 0.3) is 0 Å². The summed E-state index contributed by atoms with van der Waals surface area (Å²) in [6, 6.07) is 0. The minimum absolute atomic E-state index is 0.433. The summed E-state index contributed by atoms with van der Waals surface area (Å²) in [7, 11) is 1.72. The van der Waals surface area contributed by atoms with Gasteiger partial charge in [-0.15, -0.1) is 11.3 Å². The SMILES string of the molecule is COCCNCc1csc(N2CCC(C)(C)C2)n1. The van der Waals surface area contributed by atoms with Gasteiger partial charge >= 0.3 is 0 Å². The highest BCUT2D eigenvalue weighted by Gasteiger charge is 2.30. The van der Waals surface area contributed by atoms with E-state index in [0.29, 0.717) is 5.41 Å². The lowest BCUT2D eigenvalue weighted by atomic mass is 9.93. The number of hydrogen-bond acceptors (Lipinski definition) is 5. The third-order valence-corrected chi connectivity index (χ3v) is 4.23. The van der Waals surface area contributed by atoms with Crippen molar-refractivity contribution in [3.8, 4) is 0 Å². The molecule has 5 heteroatoms. The Morgan fingerprint density at radius 3 is 3.06 bits per heavy atom. The van der Waals surface area contributed by atoms with E-state index in [1.807, 2.05) is 0 Å². The molecule has 1 fully saturated rings. The van der Waals surface area contributed by atoms with E-state index in [0.717, 1.165) is 38.5 Å². The Hall–Kier alpha value is -0.650. The van der Waals surface area contributed by atoms with Crippen molar-refractivity contribution < 1.29 is 4.74 Å². The molecule has 1 N–H and O–H groups in total. The maximum absolute atomic E-state index is 5.00. The number of ether oxygens (including phenoxy) is 1. The molecule has 0 amide bonds. The molecule has 1 aromatic rings. The minimum Gasteiger partial charge on any atom is -0.383 e. The second kappa shape index (κ2) is 5.99. The highest BCUT2D eigenvalue weighted by molar-refractivity contribution is 7.13. The molecular weight excluding hydrogens is 246 g/mol. The molecule has 18 heavy (non-hydrogen) atoms. The number of aromatic nitrogens is 1. The predicted molar refractivity (Wildman–Crippen MR) is 76.3 cm³/mol. The molecule has 2 heterocycles. The molecule has 0 spiro atoms. The van der Waals surface area contributed by atoms with Crippen molar-refractivity contribution in [2.75, 3.05) is 38.3 Å². The Morgan fingerprint density at radius 1 is 1.56 bits per heavy atom. The molecule has 102 valence electrons. The Bertz CT molecular complexity index is 378. The first kappa shape index (κ1) is 13.8. The van der Waals surface area contributed by atoms with Crippen LogP contribution in [0.1, 0.15) is 26.0 Å². The van der Waals surface area contributed by atoms with Crippen LogP contribution in [0.5, 0.6) is 0 Å². The number of hydrogen-bond donors (Lipinski definition) is 1. The van der Waals surface area contributed by atoms with Crippen molar-refractivity contribution in [3.63, 3.8) is 0 Å². The van der Waals surface area contributed by atoms with Gasteiger partial charge in [0.15, 0.2) is 5.13 Å². The molecule has 1 saturated heterocycles. The van der Waals surface area contributed by atoms with E-state index in [1.165, 1.54) is 11.6 Å². The second-order valence-corrected chi connectivity index (χ2v) is 6.46. The average Bonchev–Trinajstić information content (AvgIpc) is 2.91. The van der Waals surface area contributed by atoms with Crippen LogP contribution >= 0.6 is 11.3 Å². The topological polar surface area (TPSA) is 37.4 Å². The van der Waals surface area contributed by atoms with Crippen molar-refractivity contribution in [3.05, 3.63) is 11.1 Å². The smallest absolute Gasteiger partial charge is 0.185 e. The van der Waals surface area contributed by atoms with E-state index in [9.17, 15) is 0 Å². The van der Waals surface area contributed by atoms with Crippen LogP contribution in [-0.4, -0.2) is 38.3 Å². The van der Waals surface area contributed by atoms with Crippen molar-refractivity contribution >= 4 is 16.5 Å². The summed E-state index contributed by atoms with van der Waals surface area (Å²) in [5, 5.41) is 6.65. The molecule has 0 radical (unpaired) electrons. The molecule has 2 rings (SSSR count). The summed E-state index contributed by atoms with van der Waals surface area (Å²) in [6.45, 7) is 9.37. The highest BCUT2D eigenvalue weighted by atomic mass is 32.1. The van der Waals surface area contributed by atoms with Crippen LogP contribution in [0.4, 0.5) is 5.13 Å². The second-order valence-electron chi connectivity index (χ2n) is 5.63. The third-order valence-electron chi connectivity index (χ3n) is 3.28. The zero-order valence-corrected chi connectivity index (χ0v) is 12.3. The van der Waals surface area contributed by atoms with E-state index >= 15 is 0 Å². The quantitative estimate of drug-likeness (QED) is 0.803. The fourth-order valence-electron chi connectivity index (χ4n) is 2.19. The lowest BCUT2D eigenvalue weighted by Crippen LogP contribution is -2.23. The lowest BCUT2D eigenvalue weighted by molar-refractivity contribution is 0.199. The molecule has 1 aliphatic rings. The van der Waals surface area contributed by atoms with Crippen molar-refractivity contribution in [2.45, 2.75) is 26.8 Å². The highest BCUT2D eigenvalue weighted by Crippen LogP contribution is 2.33. The maximum Gasteiger partial charge on any atom is 0.185 e. The van der Waals surface area contributed by atoms with Crippen molar-refractivity contribution in [1.29, 1.82) is 0 Å². The Labute approximate surface area is 113 Å². The maximum atomic E-state index is 5.00. The van der Waals surface area contributed by atoms with Crippen LogP contribution < -0.4 is 10.2 Å². The van der Waals surface area contributed by atoms with Gasteiger partial charge in [-0.3, -0.25) is 0 Å². The molecule has 1 aromatic heterocycles. The predicted octanol–water partition coefficient (Wildman–Crippen LogP) is 2.12. The van der Waals surface area contributed by atoms with Crippen LogP contribution in [0.25, 0.3) is 0 Å². The van der Waals surface area contributed by atoms with Crippen LogP contribution in [0.2, 0.25) is 0 Å². The summed E-state index contributed by atoms with van der Waals surface area (Å²) in [6.07, 6.45) is 1.26. The molecule has 0 atom stereocenters. The van der Waals surface area contributed by atoms with Gasteiger partial charge in [0.05, 0.1) is 12.3 Å². The van der Waals surface area contributed by atoms with Crippen molar-refractivity contribution in [2.24, 2.45) is 5.41 Å². The van der Waals surface area contributed by atoms with Crippen LogP contribution in [-0.2, 0) is 11.3 Å². The number of rotatable bonds is 6. The van der Waals surface area contributed by atoms with Crippen molar-refractivity contribution in [1.82, 2.24) is 10.3 Å². The zero-order valence-electron chi connectivity index (χ0n) is 11.5. The molecule has 1 aliphatic heterocycles. The van der Waals surface area contributed by atoms with Crippen LogP contribution in [0.3, 0.4) is 0 Å². The van der Waals surface area contributed by atoms with Gasteiger partial charge in [-0.05, 0) is 11.8 Å². The minimum atomic E-state index is 0.433. The Balaban J connectivity index is 1.83. The fourth-order valence-corrected chi connectivity index (χ4v) is 3.04. The molecule has 0 aliphatic carbocycles. The summed E-state index contributed by atoms with van der Waals surface area (Å²) in [5.74, 6) is 0. The monoisotopic (exact) mass is 269 g/mol. The molecule has 0 bridgehead atoms. The summed E-state index contributed by atoms with van der Waals surface area (Å²) < 4.78 is 5.00. The third kappa shape index (κ3) is 3.67. The standard InChI is InChI=1S/C13H23N3OS/c1-13(2)4-6-16(10-13)12-15-11(9-18-12)8-14-5-7-17-3/h9,14H,4-8,10H2,1-3H3. The molecular formula is C13H23N3OS. The van der Waals surface area contributed by atoms with Gasteiger partial charge in [0.2, 0.25) is 0 Å². The zero-order chi connectivity index (χ0) is 13.0. The first-order chi connectivity index (χ1) is 8.61. The van der Waals surface area contributed by atoms with Gasteiger partial charge in [-0.25, -0.2) is 4.98 Å². The summed E-state index contributed by atoms with van der Waals surface area (Å²) >= 11 is 1.75. The number of anilines is 1. The van der Waals surface area contributed by atoms with Gasteiger partial charge < -0.3 is 15.0 Å². The average molecular weight is 269 g/mol. The molecule has 0 aromatic carbocycles. The largest absolute Gasteiger partial charge is 0.383 e. The van der Waals surface area contributed by atoms with E-state index in [4.69, 9.17) is 9.72 Å². The number of thiazole rings is 1. The number of nitrogens with zero attached hydrogens (tertiary/aromatic N) is 2. The van der Waals surface area contributed by atoms with Gasteiger partial charge in [0, 0.05) is 38.7 Å². The lowest BCUT2D eigenvalue weighted by Gasteiger charge is -2.18. The van der Waals surface area contributed by atoms with E-state index in [1.54, 1.807) is 18.4 Å². The first-order valence-corrected chi connectivity index (χ1v) is 7.38. The molecule has 0 saturated carbocycles. The van der Waals surface area contributed by atoms with Gasteiger partial charge in [0.1, 0.15) is 0 Å². The van der Waals surface area contributed by atoms with Crippen LogP contribution in [0.15, 0.2) is 5.38 Å². The molecule has 4 nitrogen and oxygen atoms in total. The number of nitrogens with one attached hydrogen (secondary N) is 1. The fraction of sp³-hybridized carbons (Fsp3) is 0.769. The normalized spacial score (nSPS) is 18.5. The summed E-state index contributed by atoms with van der Waals surface area (Å²) in [5.41, 5.74) is 1.57. The van der Waals surface area contributed by atoms with Gasteiger partial charge in [-0.2, -0.15) is 0 Å². The van der Waals surface area contributed by atoms with Crippen LogP contribution in [0, 0.1) is 5.41 Å². The Kier molecular flexibility index (Phi) is 4.59. The van der Waals surface area contributed by atoms with E-state index < -0.39 is 0 Å². The van der Waals surface area contributed by atoms with E-state index in [2.05, 4.69) is 29.4 Å². The Morgan fingerprint density at radius 2 is 2.39 bits per heavy atom. The van der Waals surface area contributed by atoms with Gasteiger partial charge in [-0.1, -0.05) is 13.8 Å². The molecule has 0 unspecified atom stereocenters. The van der Waals surface area contributed by atoms with E-state index in [-0.39, 0.29) is 0 Å².